The van der Waals surface area contributed by atoms with Gasteiger partial charge in [0.05, 0.1) is 12.2 Å². The molecule has 1 aromatic rings. The fraction of sp³-hybridized carbons (Fsp3) is 0.375. The highest BCUT2D eigenvalue weighted by Crippen LogP contribution is 2.05. The SMILES string of the molecule is FC(F)CNCc1cccc(Br)n1. The van der Waals surface area contributed by atoms with E-state index in [4.69, 9.17) is 0 Å². The lowest BCUT2D eigenvalue weighted by Gasteiger charge is -2.03. The van der Waals surface area contributed by atoms with Crippen LogP contribution in [0.2, 0.25) is 0 Å². The molecular formula is C8H9BrF2N2. The first-order valence-corrected chi connectivity index (χ1v) is 4.58. The lowest BCUT2D eigenvalue weighted by molar-refractivity contribution is 0.145. The van der Waals surface area contributed by atoms with Crippen molar-refractivity contribution in [2.75, 3.05) is 6.54 Å². The quantitative estimate of drug-likeness (QED) is 0.830. The largest absolute Gasteiger partial charge is 0.306 e. The lowest BCUT2D eigenvalue weighted by atomic mass is 10.3. The van der Waals surface area contributed by atoms with Crippen molar-refractivity contribution in [2.24, 2.45) is 0 Å². The average molecular weight is 251 g/mol. The third-order valence-electron chi connectivity index (χ3n) is 1.38. The molecule has 13 heavy (non-hydrogen) atoms. The van der Waals surface area contributed by atoms with Crippen molar-refractivity contribution >= 4 is 15.9 Å². The van der Waals surface area contributed by atoms with Crippen molar-refractivity contribution < 1.29 is 8.78 Å². The zero-order valence-corrected chi connectivity index (χ0v) is 8.39. The summed E-state index contributed by atoms with van der Waals surface area (Å²) in [5, 5.41) is 2.60. The maximum atomic E-state index is 11.7. The second-order valence-corrected chi connectivity index (χ2v) is 3.29. The highest BCUT2D eigenvalue weighted by Gasteiger charge is 2.01. The Balaban J connectivity index is 2.37. The van der Waals surface area contributed by atoms with Gasteiger partial charge < -0.3 is 5.32 Å². The minimum atomic E-state index is -2.31. The van der Waals surface area contributed by atoms with Crippen LogP contribution in [0.15, 0.2) is 22.8 Å². The Morgan fingerprint density at radius 2 is 2.23 bits per heavy atom. The summed E-state index contributed by atoms with van der Waals surface area (Å²) < 4.78 is 24.2. The van der Waals surface area contributed by atoms with Crippen LogP contribution in [-0.2, 0) is 6.54 Å². The average Bonchev–Trinajstić information content (AvgIpc) is 2.03. The van der Waals surface area contributed by atoms with Crippen LogP contribution in [0.3, 0.4) is 0 Å². The van der Waals surface area contributed by atoms with Gasteiger partial charge in [-0.15, -0.1) is 0 Å². The van der Waals surface area contributed by atoms with Crippen LogP contribution in [-0.4, -0.2) is 18.0 Å². The Labute approximate surface area is 83.5 Å². The van der Waals surface area contributed by atoms with E-state index >= 15 is 0 Å². The van der Waals surface area contributed by atoms with Crippen LogP contribution >= 0.6 is 15.9 Å². The summed E-state index contributed by atoms with van der Waals surface area (Å²) in [7, 11) is 0. The predicted octanol–water partition coefficient (Wildman–Crippen LogP) is 2.20. The summed E-state index contributed by atoms with van der Waals surface area (Å²) in [6.07, 6.45) is -2.31. The van der Waals surface area contributed by atoms with Crippen molar-refractivity contribution in [2.45, 2.75) is 13.0 Å². The number of pyridine rings is 1. The molecule has 0 saturated carbocycles. The van der Waals surface area contributed by atoms with E-state index in [-0.39, 0.29) is 6.54 Å². The molecule has 1 aromatic heterocycles. The Morgan fingerprint density at radius 3 is 2.85 bits per heavy atom. The van der Waals surface area contributed by atoms with Crippen LogP contribution in [0.1, 0.15) is 5.69 Å². The normalized spacial score (nSPS) is 10.8. The van der Waals surface area contributed by atoms with Gasteiger partial charge >= 0.3 is 0 Å². The minimum absolute atomic E-state index is 0.297. The number of alkyl halides is 2. The number of nitrogens with one attached hydrogen (secondary N) is 1. The van der Waals surface area contributed by atoms with Crippen molar-refractivity contribution in [3.05, 3.63) is 28.5 Å². The van der Waals surface area contributed by atoms with Crippen molar-refractivity contribution in [3.63, 3.8) is 0 Å². The van der Waals surface area contributed by atoms with E-state index in [0.717, 1.165) is 5.69 Å². The molecule has 2 nitrogen and oxygen atoms in total. The molecule has 0 bridgehead atoms. The van der Waals surface area contributed by atoms with E-state index in [1.165, 1.54) is 0 Å². The fourth-order valence-corrected chi connectivity index (χ4v) is 1.24. The van der Waals surface area contributed by atoms with Gasteiger partial charge in [-0.2, -0.15) is 0 Å². The minimum Gasteiger partial charge on any atom is -0.306 e. The van der Waals surface area contributed by atoms with Gasteiger partial charge in [0, 0.05) is 6.54 Å². The Bertz CT molecular complexity index is 268. The molecule has 0 aliphatic rings. The summed E-state index contributed by atoms with van der Waals surface area (Å²) >= 11 is 3.20. The smallest absolute Gasteiger partial charge is 0.250 e. The summed E-state index contributed by atoms with van der Waals surface area (Å²) in [6, 6.07) is 5.39. The molecule has 0 saturated heterocycles. The first-order valence-electron chi connectivity index (χ1n) is 3.79. The molecule has 0 aliphatic heterocycles. The third-order valence-corrected chi connectivity index (χ3v) is 1.82. The third kappa shape index (κ3) is 4.28. The summed E-state index contributed by atoms with van der Waals surface area (Å²) in [5.74, 6) is 0. The topological polar surface area (TPSA) is 24.9 Å². The molecule has 72 valence electrons. The monoisotopic (exact) mass is 250 g/mol. The number of rotatable bonds is 4. The molecule has 0 radical (unpaired) electrons. The van der Waals surface area contributed by atoms with Crippen molar-refractivity contribution in [3.8, 4) is 0 Å². The van der Waals surface area contributed by atoms with Crippen molar-refractivity contribution in [1.82, 2.24) is 10.3 Å². The lowest BCUT2D eigenvalue weighted by Crippen LogP contribution is -2.21. The molecule has 0 aliphatic carbocycles. The van der Waals surface area contributed by atoms with Gasteiger partial charge in [-0.25, -0.2) is 13.8 Å². The van der Waals surface area contributed by atoms with Gasteiger partial charge in [-0.05, 0) is 28.1 Å². The van der Waals surface area contributed by atoms with E-state index in [1.54, 1.807) is 12.1 Å². The summed E-state index contributed by atoms with van der Waals surface area (Å²) in [5.41, 5.74) is 0.745. The van der Waals surface area contributed by atoms with Gasteiger partial charge in [0.15, 0.2) is 0 Å². The van der Waals surface area contributed by atoms with Crippen LogP contribution in [0.5, 0.6) is 0 Å². The highest BCUT2D eigenvalue weighted by molar-refractivity contribution is 9.10. The zero-order valence-electron chi connectivity index (χ0n) is 6.80. The van der Waals surface area contributed by atoms with Crippen LogP contribution in [0.4, 0.5) is 8.78 Å². The van der Waals surface area contributed by atoms with Crippen LogP contribution in [0.25, 0.3) is 0 Å². The Morgan fingerprint density at radius 1 is 1.46 bits per heavy atom. The number of hydrogen-bond donors (Lipinski definition) is 1. The maximum absolute atomic E-state index is 11.7. The molecule has 0 spiro atoms. The van der Waals surface area contributed by atoms with Crippen molar-refractivity contribution in [1.29, 1.82) is 0 Å². The van der Waals surface area contributed by atoms with Gasteiger partial charge in [0.1, 0.15) is 4.60 Å². The Kier molecular flexibility index (Phi) is 4.24. The summed E-state index contributed by atoms with van der Waals surface area (Å²) in [4.78, 5) is 4.08. The Hall–Kier alpha value is -0.550. The van der Waals surface area contributed by atoms with E-state index < -0.39 is 6.43 Å². The molecule has 0 amide bonds. The zero-order chi connectivity index (χ0) is 9.68. The molecule has 0 fully saturated rings. The molecular weight excluding hydrogens is 242 g/mol. The molecule has 0 aromatic carbocycles. The van der Waals surface area contributed by atoms with Crippen LogP contribution in [0, 0.1) is 0 Å². The molecule has 0 unspecified atom stereocenters. The van der Waals surface area contributed by atoms with E-state index in [2.05, 4.69) is 26.2 Å². The highest BCUT2D eigenvalue weighted by atomic mass is 79.9. The first-order chi connectivity index (χ1) is 6.18. The summed E-state index contributed by atoms with van der Waals surface area (Å²) in [6.45, 7) is 0.0674. The van der Waals surface area contributed by atoms with E-state index in [9.17, 15) is 8.78 Å². The molecule has 1 heterocycles. The molecule has 1 N–H and O–H groups in total. The number of nitrogens with zero attached hydrogens (tertiary/aromatic N) is 1. The van der Waals surface area contributed by atoms with Crippen LogP contribution < -0.4 is 5.32 Å². The van der Waals surface area contributed by atoms with Gasteiger partial charge in [-0.3, -0.25) is 0 Å². The van der Waals surface area contributed by atoms with Gasteiger partial charge in [0.2, 0.25) is 0 Å². The standard InChI is InChI=1S/C8H9BrF2N2/c9-7-3-1-2-6(13-7)4-12-5-8(10)11/h1-3,8,12H,4-5H2. The second-order valence-electron chi connectivity index (χ2n) is 2.47. The maximum Gasteiger partial charge on any atom is 0.250 e. The second kappa shape index (κ2) is 5.24. The number of hydrogen-bond acceptors (Lipinski definition) is 2. The van der Waals surface area contributed by atoms with E-state index in [0.29, 0.717) is 11.1 Å². The number of halogens is 3. The molecule has 1 rings (SSSR count). The predicted molar refractivity (Wildman–Crippen MR) is 49.6 cm³/mol. The van der Waals surface area contributed by atoms with Gasteiger partial charge in [0.25, 0.3) is 6.43 Å². The van der Waals surface area contributed by atoms with E-state index in [1.807, 2.05) is 6.07 Å². The molecule has 5 heteroatoms. The molecule has 0 atom stereocenters. The fourth-order valence-electron chi connectivity index (χ4n) is 0.858. The van der Waals surface area contributed by atoms with Gasteiger partial charge in [-0.1, -0.05) is 6.07 Å². The first kappa shape index (κ1) is 10.5. The number of aromatic nitrogens is 1.